The summed E-state index contributed by atoms with van der Waals surface area (Å²) in [6.07, 6.45) is 2.72. The van der Waals surface area contributed by atoms with Gasteiger partial charge >= 0.3 is 0 Å². The highest BCUT2D eigenvalue weighted by Crippen LogP contribution is 2.24. The van der Waals surface area contributed by atoms with Gasteiger partial charge in [-0.1, -0.05) is 12.1 Å². The summed E-state index contributed by atoms with van der Waals surface area (Å²) in [6.45, 7) is 2.48. The Bertz CT molecular complexity index is 628. The monoisotopic (exact) mass is 269 g/mol. The highest BCUT2D eigenvalue weighted by molar-refractivity contribution is 5.41. The van der Waals surface area contributed by atoms with Crippen LogP contribution in [-0.2, 0) is 19.5 Å². The molecule has 0 amide bonds. The minimum Gasteiger partial charge on any atom is -0.293 e. The summed E-state index contributed by atoms with van der Waals surface area (Å²) in [4.78, 5) is 17.1. The predicted octanol–water partition coefficient (Wildman–Crippen LogP) is 2.55. The topological polar surface area (TPSA) is 59.3 Å². The molecule has 0 fully saturated rings. The van der Waals surface area contributed by atoms with Crippen LogP contribution >= 0.6 is 0 Å². The Morgan fingerprint density at radius 1 is 1.25 bits per heavy atom. The van der Waals surface area contributed by atoms with Crippen LogP contribution < -0.4 is 0 Å². The second-order valence-electron chi connectivity index (χ2n) is 4.99. The third kappa shape index (κ3) is 2.67. The largest absolute Gasteiger partial charge is 0.293 e. The summed E-state index contributed by atoms with van der Waals surface area (Å²) >= 11 is 0. The van der Waals surface area contributed by atoms with Gasteiger partial charge in [0, 0.05) is 38.0 Å². The van der Waals surface area contributed by atoms with Gasteiger partial charge in [0.1, 0.15) is 0 Å². The quantitative estimate of drug-likeness (QED) is 0.634. The highest BCUT2D eigenvalue weighted by Gasteiger charge is 2.19. The lowest BCUT2D eigenvalue weighted by molar-refractivity contribution is -0.385. The highest BCUT2D eigenvalue weighted by atomic mass is 16.6. The van der Waals surface area contributed by atoms with E-state index < -0.39 is 0 Å². The average Bonchev–Trinajstić information content (AvgIpc) is 2.47. The number of pyridine rings is 1. The molecule has 1 aliphatic rings. The number of benzene rings is 1. The van der Waals surface area contributed by atoms with E-state index in [1.807, 2.05) is 24.3 Å². The maximum Gasteiger partial charge on any atom is 0.269 e. The van der Waals surface area contributed by atoms with E-state index in [2.05, 4.69) is 9.88 Å². The molecule has 0 atom stereocenters. The van der Waals surface area contributed by atoms with Gasteiger partial charge in [0.25, 0.3) is 5.69 Å². The molecule has 1 aromatic carbocycles. The van der Waals surface area contributed by atoms with E-state index in [0.29, 0.717) is 0 Å². The van der Waals surface area contributed by atoms with E-state index in [-0.39, 0.29) is 10.6 Å². The fourth-order valence-corrected chi connectivity index (χ4v) is 2.57. The summed E-state index contributed by atoms with van der Waals surface area (Å²) in [5, 5.41) is 10.8. The molecule has 0 N–H and O–H groups in total. The van der Waals surface area contributed by atoms with Gasteiger partial charge in [0.05, 0.1) is 10.6 Å². The SMILES string of the molecule is O=[N+]([O-])c1ccc2c(c1)CN(Cc1ccccn1)CC2. The van der Waals surface area contributed by atoms with Gasteiger partial charge in [0.15, 0.2) is 0 Å². The van der Waals surface area contributed by atoms with Gasteiger partial charge in [-0.3, -0.25) is 20.0 Å². The van der Waals surface area contributed by atoms with Crippen LogP contribution in [0.1, 0.15) is 16.8 Å². The summed E-state index contributed by atoms with van der Waals surface area (Å²) in [7, 11) is 0. The summed E-state index contributed by atoms with van der Waals surface area (Å²) in [5.74, 6) is 0. The van der Waals surface area contributed by atoms with E-state index in [9.17, 15) is 10.1 Å². The second-order valence-corrected chi connectivity index (χ2v) is 4.99. The van der Waals surface area contributed by atoms with Crippen molar-refractivity contribution in [2.75, 3.05) is 6.54 Å². The van der Waals surface area contributed by atoms with Crippen molar-refractivity contribution in [3.8, 4) is 0 Å². The molecule has 1 aliphatic heterocycles. The van der Waals surface area contributed by atoms with Crippen molar-refractivity contribution in [3.63, 3.8) is 0 Å². The summed E-state index contributed by atoms with van der Waals surface area (Å²) in [6, 6.07) is 11.0. The fraction of sp³-hybridized carbons (Fsp3) is 0.267. The number of nitro benzene ring substituents is 1. The Morgan fingerprint density at radius 2 is 2.15 bits per heavy atom. The van der Waals surface area contributed by atoms with E-state index in [1.165, 1.54) is 5.56 Å². The first kappa shape index (κ1) is 12.7. The van der Waals surface area contributed by atoms with Gasteiger partial charge in [-0.05, 0) is 29.7 Å². The van der Waals surface area contributed by atoms with E-state index in [0.717, 1.165) is 37.3 Å². The molecule has 0 unspecified atom stereocenters. The van der Waals surface area contributed by atoms with Gasteiger partial charge in [0.2, 0.25) is 0 Å². The maximum absolute atomic E-state index is 10.8. The van der Waals surface area contributed by atoms with Crippen LogP contribution in [-0.4, -0.2) is 21.4 Å². The molecule has 0 saturated heterocycles. The number of nitrogens with zero attached hydrogens (tertiary/aromatic N) is 3. The number of hydrogen-bond acceptors (Lipinski definition) is 4. The molecule has 20 heavy (non-hydrogen) atoms. The van der Waals surface area contributed by atoms with E-state index in [4.69, 9.17) is 0 Å². The second kappa shape index (κ2) is 5.38. The number of rotatable bonds is 3. The first-order valence-corrected chi connectivity index (χ1v) is 6.61. The molecule has 0 bridgehead atoms. The minimum atomic E-state index is -0.335. The average molecular weight is 269 g/mol. The smallest absolute Gasteiger partial charge is 0.269 e. The lowest BCUT2D eigenvalue weighted by Gasteiger charge is -2.28. The lowest BCUT2D eigenvalue weighted by Crippen LogP contribution is -2.30. The molecule has 2 heterocycles. The van der Waals surface area contributed by atoms with Crippen LogP contribution in [0.3, 0.4) is 0 Å². The maximum atomic E-state index is 10.8. The molecule has 2 aromatic rings. The Balaban J connectivity index is 1.77. The van der Waals surface area contributed by atoms with Gasteiger partial charge in [-0.2, -0.15) is 0 Å². The number of hydrogen-bond donors (Lipinski definition) is 0. The third-order valence-corrected chi connectivity index (χ3v) is 3.60. The lowest BCUT2D eigenvalue weighted by atomic mass is 9.99. The number of fused-ring (bicyclic) bond motifs is 1. The Hall–Kier alpha value is -2.27. The van der Waals surface area contributed by atoms with Crippen LogP contribution in [0, 0.1) is 10.1 Å². The van der Waals surface area contributed by atoms with Crippen LogP contribution in [0.2, 0.25) is 0 Å². The van der Waals surface area contributed by atoms with Crippen LogP contribution in [0.5, 0.6) is 0 Å². The van der Waals surface area contributed by atoms with Crippen molar-refractivity contribution in [3.05, 3.63) is 69.5 Å². The zero-order chi connectivity index (χ0) is 13.9. The third-order valence-electron chi connectivity index (χ3n) is 3.60. The van der Waals surface area contributed by atoms with Crippen molar-refractivity contribution < 1.29 is 4.92 Å². The molecule has 0 aliphatic carbocycles. The molecule has 5 nitrogen and oxygen atoms in total. The van der Waals surface area contributed by atoms with Crippen LogP contribution in [0.15, 0.2) is 42.6 Å². The first-order chi connectivity index (χ1) is 9.72. The molecule has 0 saturated carbocycles. The molecular weight excluding hydrogens is 254 g/mol. The number of nitro groups is 1. The zero-order valence-electron chi connectivity index (χ0n) is 11.0. The normalized spacial score (nSPS) is 14.8. The molecule has 0 spiro atoms. The number of non-ortho nitro benzene ring substituents is 1. The molecular formula is C15H15N3O2. The Kier molecular flexibility index (Phi) is 3.43. The first-order valence-electron chi connectivity index (χ1n) is 6.61. The predicted molar refractivity (Wildman–Crippen MR) is 75.2 cm³/mol. The summed E-state index contributed by atoms with van der Waals surface area (Å²) in [5.41, 5.74) is 3.47. The standard InChI is InChI=1S/C15H15N3O2/c19-18(20)15-5-4-12-6-8-17(10-13(12)9-15)11-14-3-1-2-7-16-14/h1-5,7,9H,6,8,10-11H2. The Labute approximate surface area is 117 Å². The van der Waals surface area contributed by atoms with Crippen molar-refractivity contribution in [2.45, 2.75) is 19.5 Å². The van der Waals surface area contributed by atoms with Gasteiger partial charge < -0.3 is 0 Å². The van der Waals surface area contributed by atoms with Crippen molar-refractivity contribution >= 4 is 5.69 Å². The van der Waals surface area contributed by atoms with Crippen LogP contribution in [0.25, 0.3) is 0 Å². The molecule has 5 heteroatoms. The van der Waals surface area contributed by atoms with Gasteiger partial charge in [-0.15, -0.1) is 0 Å². The van der Waals surface area contributed by atoms with Crippen molar-refractivity contribution in [1.82, 2.24) is 9.88 Å². The summed E-state index contributed by atoms with van der Waals surface area (Å²) < 4.78 is 0. The molecule has 0 radical (unpaired) electrons. The Morgan fingerprint density at radius 3 is 2.90 bits per heavy atom. The number of aromatic nitrogens is 1. The molecule has 102 valence electrons. The van der Waals surface area contributed by atoms with Crippen molar-refractivity contribution in [1.29, 1.82) is 0 Å². The van der Waals surface area contributed by atoms with Crippen LogP contribution in [0.4, 0.5) is 5.69 Å². The minimum absolute atomic E-state index is 0.170. The van der Waals surface area contributed by atoms with Crippen molar-refractivity contribution in [2.24, 2.45) is 0 Å². The van der Waals surface area contributed by atoms with E-state index >= 15 is 0 Å². The molecule has 1 aromatic heterocycles. The zero-order valence-corrected chi connectivity index (χ0v) is 11.0. The fourth-order valence-electron chi connectivity index (χ4n) is 2.57. The van der Waals surface area contributed by atoms with Gasteiger partial charge in [-0.25, -0.2) is 0 Å². The molecule has 3 rings (SSSR count). The van der Waals surface area contributed by atoms with E-state index in [1.54, 1.807) is 18.3 Å².